The molecule has 4 nitrogen and oxygen atoms in total. The summed E-state index contributed by atoms with van der Waals surface area (Å²) >= 11 is 0. The van der Waals surface area contributed by atoms with Crippen LogP contribution in [0.1, 0.15) is 13.8 Å². The number of hydrogen-bond donors (Lipinski definition) is 0. The molecule has 0 heterocycles. The summed E-state index contributed by atoms with van der Waals surface area (Å²) in [6, 6.07) is 0. The number of carbonyl (C=O) groups is 2. The van der Waals surface area contributed by atoms with Crippen molar-refractivity contribution in [1.29, 1.82) is 0 Å². The normalized spacial score (nSPS) is 5.00. The van der Waals surface area contributed by atoms with Gasteiger partial charge in [0.05, 0.1) is 0 Å². The van der Waals surface area contributed by atoms with Crippen molar-refractivity contribution in [2.45, 2.75) is 13.8 Å². The van der Waals surface area contributed by atoms with Gasteiger partial charge in [0.25, 0.3) is 0 Å². The van der Waals surface area contributed by atoms with Crippen molar-refractivity contribution >= 4 is 11.9 Å². The largest absolute Gasteiger partial charge is 2.00 e. The Kier molecular flexibility index (Phi) is 36.0. The Balaban J connectivity index is -0.0000000300. The van der Waals surface area contributed by atoms with Gasteiger partial charge in [-0.05, 0) is 13.8 Å². The van der Waals surface area contributed by atoms with Crippen molar-refractivity contribution in [3.05, 3.63) is 0 Å². The molecule has 1 radical (unpaired) electrons. The van der Waals surface area contributed by atoms with Gasteiger partial charge in [-0.1, -0.05) is 0 Å². The summed E-state index contributed by atoms with van der Waals surface area (Å²) in [5, 5.41) is 17.8. The van der Waals surface area contributed by atoms with Crippen LogP contribution >= 0.6 is 0 Å². The van der Waals surface area contributed by atoms with E-state index < -0.39 is 11.9 Å². The molecule has 65 valence electrons. The SMILES string of the molecule is CC(=O)[O-].CC(=O)[O-].[Co+2].[Ni]. The number of rotatable bonds is 0. The van der Waals surface area contributed by atoms with Gasteiger partial charge in [-0.15, -0.1) is 0 Å². The van der Waals surface area contributed by atoms with E-state index in [1.54, 1.807) is 0 Å². The van der Waals surface area contributed by atoms with Crippen LogP contribution in [0.3, 0.4) is 0 Å². The molecule has 0 amide bonds. The predicted molar refractivity (Wildman–Crippen MR) is 21.4 cm³/mol. The molecule has 0 bridgehead atoms. The summed E-state index contributed by atoms with van der Waals surface area (Å²) < 4.78 is 0. The molecule has 0 aliphatic rings. The van der Waals surface area contributed by atoms with Crippen molar-refractivity contribution in [3.63, 3.8) is 0 Å². The second-order valence-corrected chi connectivity index (χ2v) is 0.983. The number of hydrogen-bond acceptors (Lipinski definition) is 4. The molecule has 0 atom stereocenters. The van der Waals surface area contributed by atoms with Gasteiger partial charge in [-0.25, -0.2) is 0 Å². The van der Waals surface area contributed by atoms with Gasteiger partial charge in [0.1, 0.15) is 0 Å². The third kappa shape index (κ3) is 106000. The number of carboxylic acids is 2. The Bertz CT molecular complexity index is 75.3. The van der Waals surface area contributed by atoms with Gasteiger partial charge >= 0.3 is 16.8 Å². The molecule has 6 heteroatoms. The van der Waals surface area contributed by atoms with Gasteiger partial charge in [0, 0.05) is 28.4 Å². The standard InChI is InChI=1S/2C2H4O2.Co.Ni/c2*1-2(3)4;;/h2*1H3,(H,3,4);;/q;;+2;/p-2. The molecule has 0 aromatic heterocycles. The maximum atomic E-state index is 8.89. The van der Waals surface area contributed by atoms with Crippen LogP contribution in [-0.2, 0) is 42.9 Å². The molecule has 0 aliphatic heterocycles. The molecule has 0 saturated carbocycles. The van der Waals surface area contributed by atoms with Crippen molar-refractivity contribution < 1.29 is 53.1 Å². The Morgan fingerprint density at radius 1 is 1.00 bits per heavy atom. The molecule has 0 spiro atoms. The fraction of sp³-hybridized carbons (Fsp3) is 0.500. The van der Waals surface area contributed by atoms with E-state index in [1.807, 2.05) is 0 Å². The average Bonchev–Trinajstić information content (AvgIpc) is 1.25. The summed E-state index contributed by atoms with van der Waals surface area (Å²) in [4.78, 5) is 17.8. The zero-order valence-electron chi connectivity index (χ0n) is 5.28. The second-order valence-electron chi connectivity index (χ2n) is 0.983. The van der Waals surface area contributed by atoms with E-state index in [-0.39, 0.29) is 33.3 Å². The molecule has 0 N–H and O–H groups in total. The topological polar surface area (TPSA) is 80.3 Å². The molecular weight excluding hydrogens is 230 g/mol. The number of carboxylic acid groups (broad SMARTS) is 2. The Morgan fingerprint density at radius 3 is 1.00 bits per heavy atom. The van der Waals surface area contributed by atoms with E-state index in [9.17, 15) is 0 Å². The van der Waals surface area contributed by atoms with Gasteiger partial charge in [0.15, 0.2) is 0 Å². The fourth-order valence-electron chi connectivity index (χ4n) is 0. The third-order valence-corrected chi connectivity index (χ3v) is 0. The van der Waals surface area contributed by atoms with Gasteiger partial charge in [-0.2, -0.15) is 0 Å². The van der Waals surface area contributed by atoms with Crippen LogP contribution in [0.2, 0.25) is 0 Å². The zero-order valence-corrected chi connectivity index (χ0v) is 7.31. The first kappa shape index (κ1) is 22.5. The second kappa shape index (κ2) is 16.0. The van der Waals surface area contributed by atoms with Crippen molar-refractivity contribution in [2.75, 3.05) is 0 Å². The zero-order chi connectivity index (χ0) is 7.15. The Morgan fingerprint density at radius 2 is 1.00 bits per heavy atom. The van der Waals surface area contributed by atoms with Crippen LogP contribution in [-0.4, -0.2) is 11.9 Å². The molecular formula is C4H6CoNiO4. The summed E-state index contributed by atoms with van der Waals surface area (Å²) in [7, 11) is 0. The van der Waals surface area contributed by atoms with Crippen molar-refractivity contribution in [1.82, 2.24) is 0 Å². The first-order chi connectivity index (χ1) is 3.46. The van der Waals surface area contributed by atoms with Crippen LogP contribution in [0.4, 0.5) is 0 Å². The van der Waals surface area contributed by atoms with Crippen LogP contribution in [0.15, 0.2) is 0 Å². The smallest absolute Gasteiger partial charge is 0.550 e. The summed E-state index contributed by atoms with van der Waals surface area (Å²) in [6.07, 6.45) is 0. The minimum atomic E-state index is -1.08. The van der Waals surface area contributed by atoms with E-state index >= 15 is 0 Å². The minimum absolute atomic E-state index is 0. The third-order valence-electron chi connectivity index (χ3n) is 0. The van der Waals surface area contributed by atoms with Gasteiger partial charge in [0.2, 0.25) is 0 Å². The van der Waals surface area contributed by atoms with E-state index in [4.69, 9.17) is 19.8 Å². The van der Waals surface area contributed by atoms with Crippen LogP contribution in [0, 0.1) is 0 Å². The predicted octanol–water partition coefficient (Wildman–Crippen LogP) is -2.49. The van der Waals surface area contributed by atoms with Crippen molar-refractivity contribution in [2.24, 2.45) is 0 Å². The van der Waals surface area contributed by atoms with E-state index in [2.05, 4.69) is 0 Å². The summed E-state index contributed by atoms with van der Waals surface area (Å²) in [6.45, 7) is 1.94. The summed E-state index contributed by atoms with van der Waals surface area (Å²) in [5.74, 6) is -2.17. The first-order valence-corrected chi connectivity index (χ1v) is 1.82. The first-order valence-electron chi connectivity index (χ1n) is 1.82. The Hall–Kier alpha value is -0.0600. The molecule has 0 saturated heterocycles. The number of carbonyl (C=O) groups excluding carboxylic acids is 2. The van der Waals surface area contributed by atoms with E-state index in [0.717, 1.165) is 13.8 Å². The minimum Gasteiger partial charge on any atom is -0.550 e. The maximum Gasteiger partial charge on any atom is 2.00 e. The van der Waals surface area contributed by atoms with Crippen molar-refractivity contribution in [3.8, 4) is 0 Å². The molecule has 0 aromatic carbocycles. The molecule has 10 heavy (non-hydrogen) atoms. The molecule has 0 aliphatic carbocycles. The van der Waals surface area contributed by atoms with Crippen LogP contribution in [0.25, 0.3) is 0 Å². The van der Waals surface area contributed by atoms with Crippen LogP contribution < -0.4 is 10.2 Å². The van der Waals surface area contributed by atoms with Gasteiger partial charge < -0.3 is 19.8 Å². The average molecular weight is 236 g/mol. The van der Waals surface area contributed by atoms with E-state index in [0.29, 0.717) is 0 Å². The molecule has 0 fully saturated rings. The molecule has 0 unspecified atom stereocenters. The quantitative estimate of drug-likeness (QED) is 0.435. The molecule has 0 aromatic rings. The Labute approximate surface area is 79.1 Å². The fourth-order valence-corrected chi connectivity index (χ4v) is 0. The van der Waals surface area contributed by atoms with Gasteiger partial charge in [-0.3, -0.25) is 0 Å². The van der Waals surface area contributed by atoms with E-state index in [1.165, 1.54) is 0 Å². The van der Waals surface area contributed by atoms with Crippen LogP contribution in [0.5, 0.6) is 0 Å². The summed E-state index contributed by atoms with van der Waals surface area (Å²) in [5.41, 5.74) is 0. The number of aliphatic carboxylic acids is 2. The monoisotopic (exact) mass is 235 g/mol. The maximum absolute atomic E-state index is 8.89. The molecule has 0 rings (SSSR count).